The number of hydrogen-bond acceptors (Lipinski definition) is 6. The molecule has 1 heterocycles. The van der Waals surface area contributed by atoms with Crippen LogP contribution < -0.4 is 4.94 Å². The van der Waals surface area contributed by atoms with Crippen LogP contribution in [0.15, 0.2) is 28.4 Å². The summed E-state index contributed by atoms with van der Waals surface area (Å²) in [6.07, 6.45) is 0. The van der Waals surface area contributed by atoms with Crippen LogP contribution in [0.25, 0.3) is 0 Å². The average molecular weight is 344 g/mol. The molecule has 2 rings (SSSR count). The van der Waals surface area contributed by atoms with Gasteiger partial charge in [-0.3, -0.25) is 9.74 Å². The SMILES string of the molecule is C=N/N=C(\OCc1ccc(OF)c(Cl)c1)C(=O)N1CCOCC1. The third-order valence-corrected chi connectivity index (χ3v) is 3.39. The Morgan fingerprint density at radius 2 is 2.17 bits per heavy atom. The van der Waals surface area contributed by atoms with Gasteiger partial charge in [0.25, 0.3) is 5.90 Å². The highest BCUT2D eigenvalue weighted by Gasteiger charge is 2.23. The van der Waals surface area contributed by atoms with E-state index >= 15 is 0 Å². The number of benzene rings is 1. The fraction of sp³-hybridized carbons (Fsp3) is 0.357. The highest BCUT2D eigenvalue weighted by molar-refractivity contribution is 6.35. The Hall–Kier alpha value is -2.19. The fourth-order valence-electron chi connectivity index (χ4n) is 1.95. The lowest BCUT2D eigenvalue weighted by Gasteiger charge is -2.26. The first-order valence-electron chi connectivity index (χ1n) is 6.76. The number of carbonyl (C=O) groups excluding carboxylic acids is 1. The largest absolute Gasteiger partial charge is 0.468 e. The van der Waals surface area contributed by atoms with Gasteiger partial charge in [0, 0.05) is 24.3 Å². The lowest BCUT2D eigenvalue weighted by Crippen LogP contribution is -2.44. The van der Waals surface area contributed by atoms with Gasteiger partial charge in [0.1, 0.15) is 6.61 Å². The van der Waals surface area contributed by atoms with Gasteiger partial charge in [-0.05, 0) is 17.7 Å². The van der Waals surface area contributed by atoms with Gasteiger partial charge in [-0.1, -0.05) is 17.7 Å². The molecule has 0 radical (unpaired) electrons. The highest BCUT2D eigenvalue weighted by atomic mass is 35.5. The van der Waals surface area contributed by atoms with Crippen LogP contribution in [0.2, 0.25) is 5.02 Å². The molecular formula is C14H15ClFN3O4. The molecule has 1 amide bonds. The van der Waals surface area contributed by atoms with Crippen molar-refractivity contribution in [1.82, 2.24) is 4.90 Å². The van der Waals surface area contributed by atoms with E-state index in [4.69, 9.17) is 21.1 Å². The molecule has 0 aromatic heterocycles. The molecule has 0 unspecified atom stereocenters. The summed E-state index contributed by atoms with van der Waals surface area (Å²) in [5.74, 6) is -0.666. The number of halogens is 2. The third-order valence-electron chi connectivity index (χ3n) is 3.10. The zero-order valence-corrected chi connectivity index (χ0v) is 13.0. The molecule has 0 bridgehead atoms. The van der Waals surface area contributed by atoms with Gasteiger partial charge in [-0.25, -0.2) is 0 Å². The zero-order valence-electron chi connectivity index (χ0n) is 12.2. The molecule has 124 valence electrons. The maximum atomic E-state index is 12.3. The molecule has 1 aromatic rings. The predicted molar refractivity (Wildman–Crippen MR) is 82.4 cm³/mol. The first-order chi connectivity index (χ1) is 11.2. The van der Waals surface area contributed by atoms with Crippen molar-refractivity contribution in [3.8, 4) is 5.75 Å². The highest BCUT2D eigenvalue weighted by Crippen LogP contribution is 2.26. The molecule has 1 saturated heterocycles. The second-order valence-electron chi connectivity index (χ2n) is 4.58. The van der Waals surface area contributed by atoms with Gasteiger partial charge in [-0.2, -0.15) is 5.10 Å². The van der Waals surface area contributed by atoms with Gasteiger partial charge in [0.15, 0.2) is 5.75 Å². The van der Waals surface area contributed by atoms with E-state index in [0.717, 1.165) is 0 Å². The standard InChI is InChI=1S/C14H15ClFN3O4/c1-17-18-13(14(20)19-4-6-21-7-5-19)22-9-10-2-3-12(23-16)11(15)8-10/h2-3,8H,1,4-7,9H2/b18-13-. The number of amides is 1. The van der Waals surface area contributed by atoms with Crippen molar-refractivity contribution in [3.05, 3.63) is 28.8 Å². The van der Waals surface area contributed by atoms with Gasteiger partial charge in [-0.15, -0.1) is 5.10 Å². The van der Waals surface area contributed by atoms with Crippen LogP contribution in [0.4, 0.5) is 4.53 Å². The van der Waals surface area contributed by atoms with Crippen LogP contribution in [0.1, 0.15) is 5.56 Å². The second-order valence-corrected chi connectivity index (χ2v) is 4.99. The molecule has 0 spiro atoms. The fourth-order valence-corrected chi connectivity index (χ4v) is 2.18. The van der Waals surface area contributed by atoms with E-state index in [1.54, 1.807) is 11.0 Å². The summed E-state index contributed by atoms with van der Waals surface area (Å²) in [6, 6.07) is 4.38. The Morgan fingerprint density at radius 1 is 1.43 bits per heavy atom. The van der Waals surface area contributed by atoms with Crippen molar-refractivity contribution in [1.29, 1.82) is 0 Å². The van der Waals surface area contributed by atoms with Crippen LogP contribution in [0.5, 0.6) is 5.75 Å². The van der Waals surface area contributed by atoms with Crippen molar-refractivity contribution in [2.24, 2.45) is 10.2 Å². The Morgan fingerprint density at radius 3 is 2.78 bits per heavy atom. The second kappa shape index (κ2) is 8.44. The maximum Gasteiger partial charge on any atom is 0.311 e. The van der Waals surface area contributed by atoms with Crippen LogP contribution in [0, 0.1) is 0 Å². The summed E-state index contributed by atoms with van der Waals surface area (Å²) in [5, 5.41) is 7.07. The normalized spacial score (nSPS) is 15.2. The summed E-state index contributed by atoms with van der Waals surface area (Å²) in [5.41, 5.74) is 0.613. The van der Waals surface area contributed by atoms with Crippen molar-refractivity contribution in [3.63, 3.8) is 0 Å². The van der Waals surface area contributed by atoms with Crippen molar-refractivity contribution in [2.45, 2.75) is 6.61 Å². The summed E-state index contributed by atoms with van der Waals surface area (Å²) in [6.45, 7) is 5.06. The minimum atomic E-state index is -0.393. The predicted octanol–water partition coefficient (Wildman–Crippen LogP) is 1.99. The number of rotatable bonds is 4. The van der Waals surface area contributed by atoms with Crippen molar-refractivity contribution < 1.29 is 23.7 Å². The summed E-state index contributed by atoms with van der Waals surface area (Å²) < 4.78 is 22.7. The van der Waals surface area contributed by atoms with Gasteiger partial charge in [0.05, 0.1) is 18.2 Å². The summed E-state index contributed by atoms with van der Waals surface area (Å²) >= 11 is 5.82. The molecule has 1 aliphatic rings. The minimum Gasteiger partial charge on any atom is -0.468 e. The van der Waals surface area contributed by atoms with Crippen molar-refractivity contribution in [2.75, 3.05) is 26.3 Å². The van der Waals surface area contributed by atoms with Crippen molar-refractivity contribution >= 4 is 30.1 Å². The van der Waals surface area contributed by atoms with E-state index in [2.05, 4.69) is 21.9 Å². The monoisotopic (exact) mass is 343 g/mol. The number of nitrogens with zero attached hydrogens (tertiary/aromatic N) is 3. The molecule has 0 saturated carbocycles. The quantitative estimate of drug-likeness (QED) is 0.476. The van der Waals surface area contributed by atoms with Crippen LogP contribution in [-0.4, -0.2) is 49.7 Å². The Labute approximate surface area is 137 Å². The topological polar surface area (TPSA) is 72.7 Å². The molecule has 9 heteroatoms. The molecule has 0 atom stereocenters. The Kier molecular flexibility index (Phi) is 6.30. The molecule has 1 fully saturated rings. The van der Waals surface area contributed by atoms with E-state index < -0.39 is 5.91 Å². The molecule has 0 N–H and O–H groups in total. The molecule has 1 aliphatic heterocycles. The van der Waals surface area contributed by atoms with Gasteiger partial charge < -0.3 is 14.4 Å². The Bertz CT molecular complexity index is 606. The lowest BCUT2D eigenvalue weighted by atomic mass is 10.2. The van der Waals surface area contributed by atoms with E-state index in [1.165, 1.54) is 12.1 Å². The first-order valence-corrected chi connectivity index (χ1v) is 7.14. The lowest BCUT2D eigenvalue weighted by molar-refractivity contribution is -0.129. The number of hydrogen-bond donors (Lipinski definition) is 0. The van der Waals surface area contributed by atoms with E-state index in [-0.39, 0.29) is 23.3 Å². The minimum absolute atomic E-state index is 0.0106. The van der Waals surface area contributed by atoms with E-state index in [1.807, 2.05) is 0 Å². The molecule has 7 nitrogen and oxygen atoms in total. The smallest absolute Gasteiger partial charge is 0.311 e. The Balaban J connectivity index is 2.02. The van der Waals surface area contributed by atoms with Gasteiger partial charge >= 0.3 is 5.91 Å². The number of morpholine rings is 1. The molecule has 1 aromatic carbocycles. The van der Waals surface area contributed by atoms with Crippen LogP contribution in [0.3, 0.4) is 0 Å². The van der Waals surface area contributed by atoms with Crippen LogP contribution in [-0.2, 0) is 20.9 Å². The molecule has 23 heavy (non-hydrogen) atoms. The summed E-state index contributed by atoms with van der Waals surface area (Å²) in [7, 11) is 0. The summed E-state index contributed by atoms with van der Waals surface area (Å²) in [4.78, 5) is 17.5. The number of ether oxygens (including phenoxy) is 2. The first kappa shape index (κ1) is 17.2. The molecular weight excluding hydrogens is 329 g/mol. The number of carbonyl (C=O) groups is 1. The average Bonchev–Trinajstić information content (AvgIpc) is 2.59. The molecule has 0 aliphatic carbocycles. The van der Waals surface area contributed by atoms with E-state index in [0.29, 0.717) is 31.9 Å². The van der Waals surface area contributed by atoms with Crippen LogP contribution >= 0.6 is 11.6 Å². The maximum absolute atomic E-state index is 12.3. The zero-order chi connectivity index (χ0) is 16.7. The third kappa shape index (κ3) is 4.64. The van der Waals surface area contributed by atoms with E-state index in [9.17, 15) is 9.32 Å². The van der Waals surface area contributed by atoms with Gasteiger partial charge in [0.2, 0.25) is 0 Å².